The molecule has 0 fully saturated rings. The SMILES string of the molecule is COc1cc([N+](=O)[O-])ccc1NC(=O)Nc1c(F)cccc1Cl. The van der Waals surface area contributed by atoms with Gasteiger partial charge in [0, 0.05) is 6.07 Å². The highest BCUT2D eigenvalue weighted by atomic mass is 35.5. The number of benzene rings is 2. The zero-order chi connectivity index (χ0) is 17.0. The van der Waals surface area contributed by atoms with E-state index in [1.807, 2.05) is 0 Å². The van der Waals surface area contributed by atoms with Crippen molar-refractivity contribution in [3.05, 3.63) is 57.4 Å². The molecule has 2 N–H and O–H groups in total. The molecule has 2 aromatic carbocycles. The summed E-state index contributed by atoms with van der Waals surface area (Å²) in [5.41, 5.74) is -0.180. The molecule has 7 nitrogen and oxygen atoms in total. The van der Waals surface area contributed by atoms with Crippen LogP contribution in [0, 0.1) is 15.9 Å². The molecule has 0 saturated heterocycles. The number of anilines is 2. The van der Waals surface area contributed by atoms with Crippen molar-refractivity contribution in [3.63, 3.8) is 0 Å². The highest BCUT2D eigenvalue weighted by molar-refractivity contribution is 6.33. The number of nitrogens with zero attached hydrogens (tertiary/aromatic N) is 1. The fourth-order valence-electron chi connectivity index (χ4n) is 1.78. The Bertz CT molecular complexity index is 749. The monoisotopic (exact) mass is 339 g/mol. The Balaban J connectivity index is 2.19. The third-order valence-corrected chi connectivity index (χ3v) is 3.16. The topological polar surface area (TPSA) is 93.5 Å². The number of non-ortho nitro benzene ring substituents is 1. The van der Waals surface area contributed by atoms with E-state index >= 15 is 0 Å². The normalized spacial score (nSPS) is 10.0. The predicted octanol–water partition coefficient (Wildman–Crippen LogP) is 4.04. The number of para-hydroxylation sites is 1. The van der Waals surface area contributed by atoms with E-state index in [2.05, 4.69) is 10.6 Å². The molecular weight excluding hydrogens is 329 g/mol. The van der Waals surface area contributed by atoms with E-state index in [0.717, 1.165) is 12.1 Å². The van der Waals surface area contributed by atoms with Gasteiger partial charge in [-0.25, -0.2) is 9.18 Å². The third kappa shape index (κ3) is 3.86. The average molecular weight is 340 g/mol. The van der Waals surface area contributed by atoms with Gasteiger partial charge in [0.05, 0.1) is 34.5 Å². The smallest absolute Gasteiger partial charge is 0.323 e. The molecule has 0 aliphatic rings. The Morgan fingerprint density at radius 3 is 2.65 bits per heavy atom. The molecule has 0 aromatic heterocycles. The second-order valence-electron chi connectivity index (χ2n) is 4.32. The Kier molecular flexibility index (Phi) is 4.97. The summed E-state index contributed by atoms with van der Waals surface area (Å²) in [5, 5.41) is 15.4. The number of rotatable bonds is 4. The van der Waals surface area contributed by atoms with Crippen LogP contribution in [-0.2, 0) is 0 Å². The summed E-state index contributed by atoms with van der Waals surface area (Å²) < 4.78 is 18.6. The summed E-state index contributed by atoms with van der Waals surface area (Å²) in [6, 6.07) is 6.87. The number of amides is 2. The molecule has 0 aliphatic carbocycles. The lowest BCUT2D eigenvalue weighted by Gasteiger charge is -2.12. The van der Waals surface area contributed by atoms with Crippen molar-refractivity contribution in [1.82, 2.24) is 0 Å². The number of hydrogen-bond acceptors (Lipinski definition) is 4. The van der Waals surface area contributed by atoms with Gasteiger partial charge < -0.3 is 15.4 Å². The lowest BCUT2D eigenvalue weighted by atomic mass is 10.2. The van der Waals surface area contributed by atoms with Crippen LogP contribution in [-0.4, -0.2) is 18.1 Å². The quantitative estimate of drug-likeness (QED) is 0.649. The van der Waals surface area contributed by atoms with E-state index in [1.54, 1.807) is 0 Å². The summed E-state index contributed by atoms with van der Waals surface area (Å²) >= 11 is 5.81. The highest BCUT2D eigenvalue weighted by Crippen LogP contribution is 2.30. The predicted molar refractivity (Wildman–Crippen MR) is 83.7 cm³/mol. The van der Waals surface area contributed by atoms with Crippen LogP contribution in [0.15, 0.2) is 36.4 Å². The van der Waals surface area contributed by atoms with Crippen molar-refractivity contribution in [3.8, 4) is 5.75 Å². The van der Waals surface area contributed by atoms with Crippen LogP contribution in [0.3, 0.4) is 0 Å². The molecule has 0 saturated carbocycles. The van der Waals surface area contributed by atoms with E-state index < -0.39 is 16.8 Å². The fourth-order valence-corrected chi connectivity index (χ4v) is 1.99. The van der Waals surface area contributed by atoms with Gasteiger partial charge in [0.15, 0.2) is 0 Å². The van der Waals surface area contributed by atoms with Gasteiger partial charge in [-0.1, -0.05) is 17.7 Å². The Hall–Kier alpha value is -2.87. The minimum atomic E-state index is -0.774. The maximum absolute atomic E-state index is 13.6. The molecule has 0 unspecified atom stereocenters. The summed E-state index contributed by atoms with van der Waals surface area (Å²) in [6.45, 7) is 0. The van der Waals surface area contributed by atoms with Gasteiger partial charge in [-0.2, -0.15) is 0 Å². The molecule has 2 rings (SSSR count). The standard InChI is InChI=1S/C14H11ClFN3O4/c1-23-12-7-8(19(21)22)5-6-11(12)17-14(20)18-13-9(15)3-2-4-10(13)16/h2-7H,1H3,(H2,17,18,20). The number of hydrogen-bond donors (Lipinski definition) is 2. The first-order chi connectivity index (χ1) is 10.9. The van der Waals surface area contributed by atoms with Crippen LogP contribution in [0.2, 0.25) is 5.02 Å². The Morgan fingerprint density at radius 2 is 2.04 bits per heavy atom. The van der Waals surface area contributed by atoms with E-state index in [0.29, 0.717) is 0 Å². The largest absolute Gasteiger partial charge is 0.494 e. The van der Waals surface area contributed by atoms with Crippen LogP contribution < -0.4 is 15.4 Å². The van der Waals surface area contributed by atoms with Crippen LogP contribution in [0.25, 0.3) is 0 Å². The lowest BCUT2D eigenvalue weighted by molar-refractivity contribution is -0.384. The van der Waals surface area contributed by atoms with E-state index in [9.17, 15) is 19.3 Å². The maximum Gasteiger partial charge on any atom is 0.323 e. The number of ether oxygens (including phenoxy) is 1. The van der Waals surface area contributed by atoms with E-state index in [1.165, 1.54) is 31.4 Å². The zero-order valence-electron chi connectivity index (χ0n) is 11.8. The van der Waals surface area contributed by atoms with Crippen molar-refractivity contribution in [2.45, 2.75) is 0 Å². The Labute approximate surface area is 135 Å². The zero-order valence-corrected chi connectivity index (χ0v) is 12.6. The van der Waals surface area contributed by atoms with E-state index in [-0.39, 0.29) is 27.8 Å². The number of nitro groups is 1. The van der Waals surface area contributed by atoms with Crippen molar-refractivity contribution in [2.24, 2.45) is 0 Å². The minimum absolute atomic E-state index is 0.0378. The van der Waals surface area contributed by atoms with Gasteiger partial charge in [0.1, 0.15) is 11.6 Å². The highest BCUT2D eigenvalue weighted by Gasteiger charge is 2.15. The molecule has 2 amide bonds. The number of urea groups is 1. The molecule has 0 spiro atoms. The molecular formula is C14H11ClFN3O4. The molecule has 0 radical (unpaired) electrons. The van der Waals surface area contributed by atoms with Gasteiger partial charge in [-0.15, -0.1) is 0 Å². The molecule has 0 atom stereocenters. The molecule has 0 aliphatic heterocycles. The van der Waals surface area contributed by atoms with Gasteiger partial charge in [-0.05, 0) is 18.2 Å². The number of methoxy groups -OCH3 is 1. The summed E-state index contributed by atoms with van der Waals surface area (Å²) in [5.74, 6) is -0.600. The van der Waals surface area contributed by atoms with Crippen molar-refractivity contribution in [1.29, 1.82) is 0 Å². The number of halogens is 2. The van der Waals surface area contributed by atoms with Crippen LogP contribution >= 0.6 is 11.6 Å². The fraction of sp³-hybridized carbons (Fsp3) is 0.0714. The minimum Gasteiger partial charge on any atom is -0.494 e. The molecule has 0 heterocycles. The molecule has 23 heavy (non-hydrogen) atoms. The summed E-state index contributed by atoms with van der Waals surface area (Å²) in [7, 11) is 1.30. The second kappa shape index (κ2) is 6.93. The second-order valence-corrected chi connectivity index (χ2v) is 4.72. The molecule has 2 aromatic rings. The van der Waals surface area contributed by atoms with E-state index in [4.69, 9.17) is 16.3 Å². The maximum atomic E-state index is 13.6. The molecule has 9 heteroatoms. The number of nitrogens with one attached hydrogen (secondary N) is 2. The first-order valence-corrected chi connectivity index (χ1v) is 6.64. The van der Waals surface area contributed by atoms with Crippen molar-refractivity contribution < 1.29 is 18.8 Å². The van der Waals surface area contributed by atoms with Crippen LogP contribution in [0.5, 0.6) is 5.75 Å². The Morgan fingerprint density at radius 1 is 1.30 bits per heavy atom. The van der Waals surface area contributed by atoms with Crippen LogP contribution in [0.1, 0.15) is 0 Å². The summed E-state index contributed by atoms with van der Waals surface area (Å²) in [4.78, 5) is 22.1. The number of nitro benzene ring substituents is 1. The van der Waals surface area contributed by atoms with Gasteiger partial charge in [0.25, 0.3) is 5.69 Å². The van der Waals surface area contributed by atoms with Gasteiger partial charge in [-0.3, -0.25) is 10.1 Å². The average Bonchev–Trinajstić information content (AvgIpc) is 2.51. The first-order valence-electron chi connectivity index (χ1n) is 6.27. The first kappa shape index (κ1) is 16.5. The lowest BCUT2D eigenvalue weighted by Crippen LogP contribution is -2.20. The van der Waals surface area contributed by atoms with Crippen molar-refractivity contribution in [2.75, 3.05) is 17.7 Å². The van der Waals surface area contributed by atoms with Gasteiger partial charge in [0.2, 0.25) is 0 Å². The number of carbonyl (C=O) groups is 1. The van der Waals surface area contributed by atoms with Gasteiger partial charge >= 0.3 is 6.03 Å². The van der Waals surface area contributed by atoms with Crippen LogP contribution in [0.4, 0.5) is 26.2 Å². The molecule has 120 valence electrons. The molecule has 0 bridgehead atoms. The third-order valence-electron chi connectivity index (χ3n) is 2.85. The summed E-state index contributed by atoms with van der Waals surface area (Å²) in [6.07, 6.45) is 0. The number of carbonyl (C=O) groups excluding carboxylic acids is 1. The van der Waals surface area contributed by atoms with Crippen molar-refractivity contribution >= 4 is 34.7 Å².